The molecule has 1 aliphatic rings. The zero-order valence-electron chi connectivity index (χ0n) is 15.8. The summed E-state index contributed by atoms with van der Waals surface area (Å²) in [5.41, 5.74) is 10.6. The number of rotatable bonds is 9. The maximum Gasteiger partial charge on any atom is 0.326 e. The second kappa shape index (κ2) is 9.99. The fourth-order valence-corrected chi connectivity index (χ4v) is 2.78. The Bertz CT molecular complexity index is 639. The van der Waals surface area contributed by atoms with Crippen molar-refractivity contribution in [2.75, 3.05) is 6.54 Å². The number of primary amides is 1. The monoisotopic (exact) mass is 401 g/mol. The molecule has 0 radical (unpaired) electrons. The van der Waals surface area contributed by atoms with E-state index in [0.717, 1.165) is 4.90 Å². The summed E-state index contributed by atoms with van der Waals surface area (Å²) in [5, 5.41) is 23.1. The van der Waals surface area contributed by atoms with Gasteiger partial charge in [0, 0.05) is 6.54 Å². The molecule has 28 heavy (non-hydrogen) atoms. The summed E-state index contributed by atoms with van der Waals surface area (Å²) in [4.78, 5) is 60.5. The number of carbonyl (C=O) groups excluding carboxylic acids is 4. The van der Waals surface area contributed by atoms with Gasteiger partial charge in [-0.05, 0) is 26.7 Å². The molecule has 0 aromatic heterocycles. The molecular formula is C16H27N5O7. The number of amides is 4. The number of aliphatic hydroxyl groups is 1. The Balaban J connectivity index is 2.83. The molecule has 8 N–H and O–H groups in total. The van der Waals surface area contributed by atoms with Gasteiger partial charge in [0.1, 0.15) is 24.2 Å². The van der Waals surface area contributed by atoms with E-state index in [-0.39, 0.29) is 13.0 Å². The first-order chi connectivity index (χ1) is 13.0. The number of carboxylic acids is 1. The predicted molar refractivity (Wildman–Crippen MR) is 95.4 cm³/mol. The molecule has 0 aromatic rings. The zero-order valence-corrected chi connectivity index (χ0v) is 15.8. The summed E-state index contributed by atoms with van der Waals surface area (Å²) in [6.07, 6.45) is -0.921. The van der Waals surface area contributed by atoms with Crippen LogP contribution in [0.4, 0.5) is 0 Å². The Hall–Kier alpha value is -2.73. The van der Waals surface area contributed by atoms with Crippen LogP contribution < -0.4 is 22.1 Å². The van der Waals surface area contributed by atoms with Gasteiger partial charge in [0.2, 0.25) is 23.6 Å². The molecule has 1 rings (SSSR count). The first kappa shape index (κ1) is 23.3. The maximum atomic E-state index is 12.7. The van der Waals surface area contributed by atoms with Crippen LogP contribution in [0.2, 0.25) is 0 Å². The van der Waals surface area contributed by atoms with Crippen molar-refractivity contribution in [2.45, 2.75) is 63.4 Å². The number of nitrogens with one attached hydrogen (secondary N) is 2. The fraction of sp³-hybridized carbons (Fsp3) is 0.688. The molecule has 5 unspecified atom stereocenters. The third kappa shape index (κ3) is 6.16. The van der Waals surface area contributed by atoms with Gasteiger partial charge in [-0.2, -0.15) is 0 Å². The van der Waals surface area contributed by atoms with Crippen LogP contribution in [0.1, 0.15) is 33.1 Å². The Labute approximate surface area is 161 Å². The predicted octanol–water partition coefficient (Wildman–Crippen LogP) is -3.36. The molecular weight excluding hydrogens is 374 g/mol. The molecule has 0 bridgehead atoms. The van der Waals surface area contributed by atoms with E-state index >= 15 is 0 Å². The van der Waals surface area contributed by atoms with Crippen molar-refractivity contribution in [3.05, 3.63) is 0 Å². The number of aliphatic carboxylic acids is 1. The molecule has 0 aromatic carbocycles. The van der Waals surface area contributed by atoms with E-state index in [1.807, 2.05) is 0 Å². The van der Waals surface area contributed by atoms with E-state index in [2.05, 4.69) is 10.6 Å². The van der Waals surface area contributed by atoms with Crippen molar-refractivity contribution in [1.82, 2.24) is 15.5 Å². The van der Waals surface area contributed by atoms with Crippen molar-refractivity contribution in [2.24, 2.45) is 11.5 Å². The van der Waals surface area contributed by atoms with Crippen LogP contribution in [0.5, 0.6) is 0 Å². The van der Waals surface area contributed by atoms with Gasteiger partial charge in [-0.15, -0.1) is 0 Å². The minimum absolute atomic E-state index is 0.177. The molecule has 4 amide bonds. The van der Waals surface area contributed by atoms with E-state index in [1.165, 1.54) is 13.8 Å². The van der Waals surface area contributed by atoms with Crippen molar-refractivity contribution in [3.63, 3.8) is 0 Å². The average Bonchev–Trinajstić information content (AvgIpc) is 3.08. The number of likely N-dealkylation sites (tertiary alicyclic amines) is 1. The number of nitrogens with zero attached hydrogens (tertiary/aromatic N) is 1. The molecule has 0 saturated carbocycles. The minimum Gasteiger partial charge on any atom is -0.480 e. The van der Waals surface area contributed by atoms with Crippen LogP contribution in [0, 0.1) is 0 Å². The largest absolute Gasteiger partial charge is 0.480 e. The second-order valence-corrected chi connectivity index (χ2v) is 6.76. The lowest BCUT2D eigenvalue weighted by Crippen LogP contribution is -2.57. The van der Waals surface area contributed by atoms with Crippen molar-refractivity contribution >= 4 is 29.6 Å². The van der Waals surface area contributed by atoms with Crippen LogP contribution >= 0.6 is 0 Å². The van der Waals surface area contributed by atoms with Crippen LogP contribution in [0.15, 0.2) is 0 Å². The van der Waals surface area contributed by atoms with E-state index in [0.29, 0.717) is 6.42 Å². The van der Waals surface area contributed by atoms with Crippen molar-refractivity contribution in [3.8, 4) is 0 Å². The standard InChI is InChI=1S/C16H27N5O7/c1-7(19-14(25)12(18)8(2)22)13(24)20-9(6-11(17)23)15(26)21-5-3-4-10(21)16(27)28/h7-10,12,22H,3-6,18H2,1-2H3,(H2,17,23)(H,19,25)(H,20,24)(H,27,28). The maximum absolute atomic E-state index is 12.7. The quantitative estimate of drug-likeness (QED) is 0.229. The van der Waals surface area contributed by atoms with Crippen molar-refractivity contribution in [1.29, 1.82) is 0 Å². The lowest BCUT2D eigenvalue weighted by atomic mass is 10.1. The SMILES string of the molecule is CC(NC(=O)C(N)C(C)O)C(=O)NC(CC(N)=O)C(=O)N1CCCC1C(=O)O. The smallest absolute Gasteiger partial charge is 0.326 e. The van der Waals surface area contributed by atoms with Gasteiger partial charge in [0.25, 0.3) is 0 Å². The third-order valence-electron chi connectivity index (χ3n) is 4.42. The highest BCUT2D eigenvalue weighted by Gasteiger charge is 2.38. The Morgan fingerprint density at radius 2 is 1.75 bits per heavy atom. The fourth-order valence-electron chi connectivity index (χ4n) is 2.78. The normalized spacial score (nSPS) is 20.6. The zero-order chi connectivity index (χ0) is 21.6. The molecule has 1 heterocycles. The summed E-state index contributed by atoms with van der Waals surface area (Å²) < 4.78 is 0. The molecule has 1 aliphatic heterocycles. The number of carboxylic acid groups (broad SMARTS) is 1. The number of carbonyl (C=O) groups is 5. The molecule has 158 valence electrons. The molecule has 1 fully saturated rings. The summed E-state index contributed by atoms with van der Waals surface area (Å²) in [6.45, 7) is 2.81. The second-order valence-electron chi connectivity index (χ2n) is 6.76. The molecule has 1 saturated heterocycles. The van der Waals surface area contributed by atoms with Gasteiger partial charge in [0.05, 0.1) is 12.5 Å². The van der Waals surface area contributed by atoms with E-state index in [9.17, 15) is 34.2 Å². The van der Waals surface area contributed by atoms with Gasteiger partial charge < -0.3 is 37.2 Å². The van der Waals surface area contributed by atoms with Gasteiger partial charge in [-0.25, -0.2) is 4.79 Å². The molecule has 12 heteroatoms. The Kier molecular flexibility index (Phi) is 8.32. The Morgan fingerprint density at radius 1 is 1.14 bits per heavy atom. The first-order valence-electron chi connectivity index (χ1n) is 8.81. The van der Waals surface area contributed by atoms with Gasteiger partial charge in [-0.1, -0.05) is 0 Å². The highest BCUT2D eigenvalue weighted by Crippen LogP contribution is 2.19. The molecule has 5 atom stereocenters. The minimum atomic E-state index is -1.37. The lowest BCUT2D eigenvalue weighted by molar-refractivity contribution is -0.149. The van der Waals surface area contributed by atoms with Gasteiger partial charge >= 0.3 is 5.97 Å². The highest BCUT2D eigenvalue weighted by molar-refractivity contribution is 5.96. The van der Waals surface area contributed by atoms with Crippen LogP contribution in [-0.2, 0) is 24.0 Å². The summed E-state index contributed by atoms with van der Waals surface area (Å²) >= 11 is 0. The van der Waals surface area contributed by atoms with E-state index in [4.69, 9.17) is 11.5 Å². The van der Waals surface area contributed by atoms with Crippen LogP contribution in [0.3, 0.4) is 0 Å². The molecule has 12 nitrogen and oxygen atoms in total. The van der Waals surface area contributed by atoms with E-state index < -0.39 is 66.3 Å². The van der Waals surface area contributed by atoms with Crippen LogP contribution in [-0.4, -0.2) is 81.5 Å². The molecule has 0 spiro atoms. The number of aliphatic hydroxyl groups excluding tert-OH is 1. The van der Waals surface area contributed by atoms with Crippen LogP contribution in [0.25, 0.3) is 0 Å². The van der Waals surface area contributed by atoms with Gasteiger partial charge in [0.15, 0.2) is 0 Å². The number of hydrogen-bond acceptors (Lipinski definition) is 7. The third-order valence-corrected chi connectivity index (χ3v) is 4.42. The van der Waals surface area contributed by atoms with Gasteiger partial charge in [-0.3, -0.25) is 19.2 Å². The molecule has 0 aliphatic carbocycles. The summed E-state index contributed by atoms with van der Waals surface area (Å²) in [7, 11) is 0. The van der Waals surface area contributed by atoms with E-state index in [1.54, 1.807) is 0 Å². The summed E-state index contributed by atoms with van der Waals surface area (Å²) in [5.74, 6) is -4.35. The number of hydrogen-bond donors (Lipinski definition) is 6. The lowest BCUT2D eigenvalue weighted by Gasteiger charge is -2.27. The average molecular weight is 401 g/mol. The summed E-state index contributed by atoms with van der Waals surface area (Å²) in [6, 6.07) is -4.79. The highest BCUT2D eigenvalue weighted by atomic mass is 16.4. The van der Waals surface area contributed by atoms with Crippen molar-refractivity contribution < 1.29 is 34.2 Å². The number of nitrogens with two attached hydrogens (primary N) is 2. The Morgan fingerprint density at radius 3 is 2.25 bits per heavy atom. The topological polar surface area (TPSA) is 205 Å². The first-order valence-corrected chi connectivity index (χ1v) is 8.81.